The molecule has 1 unspecified atom stereocenters. The molecule has 1 aromatic carbocycles. The Kier molecular flexibility index (Phi) is 4.62. The maximum atomic E-state index is 13.4. The fourth-order valence-corrected chi connectivity index (χ4v) is 3.41. The molecule has 108 valence electrons. The molecule has 1 heterocycles. The molecule has 2 nitrogen and oxygen atoms in total. The van der Waals surface area contributed by atoms with Crippen LogP contribution >= 0.6 is 27.3 Å². The highest BCUT2D eigenvalue weighted by Gasteiger charge is 2.18. The van der Waals surface area contributed by atoms with Crippen LogP contribution in [-0.2, 0) is 11.8 Å². The average Bonchev–Trinajstić information content (AvgIpc) is 2.75. The summed E-state index contributed by atoms with van der Waals surface area (Å²) in [5.74, 6) is -0.278. The Morgan fingerprint density at radius 3 is 2.60 bits per heavy atom. The smallest absolute Gasteiger partial charge is 0.124 e. The van der Waals surface area contributed by atoms with Gasteiger partial charge in [0, 0.05) is 27.7 Å². The molecular formula is C15H18BrFN2S. The zero-order chi connectivity index (χ0) is 14.9. The van der Waals surface area contributed by atoms with E-state index in [2.05, 4.69) is 47.1 Å². The number of nitrogens with zero attached hydrogens (tertiary/aromatic N) is 1. The molecule has 0 radical (unpaired) electrons. The monoisotopic (exact) mass is 356 g/mol. The SMILES string of the molecule is CC(C)(C)c1csc(CC(N)c2cc(F)cc(Br)c2)n1. The minimum atomic E-state index is -0.278. The van der Waals surface area contributed by atoms with Crippen molar-refractivity contribution in [3.63, 3.8) is 0 Å². The standard InChI is InChI=1S/C15H18BrFN2S/c1-15(2,3)13-8-20-14(19-13)7-12(18)9-4-10(16)6-11(17)5-9/h4-6,8,12H,7,18H2,1-3H3. The lowest BCUT2D eigenvalue weighted by molar-refractivity contribution is 0.568. The van der Waals surface area contributed by atoms with Crippen molar-refractivity contribution in [2.24, 2.45) is 5.73 Å². The van der Waals surface area contributed by atoms with Crippen molar-refractivity contribution < 1.29 is 4.39 Å². The van der Waals surface area contributed by atoms with Crippen LogP contribution in [0.25, 0.3) is 0 Å². The van der Waals surface area contributed by atoms with Crippen LogP contribution in [0.1, 0.15) is 43.1 Å². The van der Waals surface area contributed by atoms with E-state index in [9.17, 15) is 4.39 Å². The van der Waals surface area contributed by atoms with Gasteiger partial charge in [0.25, 0.3) is 0 Å². The first kappa shape index (κ1) is 15.6. The number of halogens is 2. The van der Waals surface area contributed by atoms with Gasteiger partial charge in [0.1, 0.15) is 5.82 Å². The zero-order valence-electron chi connectivity index (χ0n) is 11.8. The third-order valence-electron chi connectivity index (χ3n) is 3.03. The Hall–Kier alpha value is -0.780. The number of benzene rings is 1. The molecule has 0 spiro atoms. The molecule has 5 heteroatoms. The number of aromatic nitrogens is 1. The van der Waals surface area contributed by atoms with E-state index in [0.717, 1.165) is 16.3 Å². The van der Waals surface area contributed by atoms with Crippen LogP contribution in [0.4, 0.5) is 4.39 Å². The van der Waals surface area contributed by atoms with Crippen LogP contribution in [0.15, 0.2) is 28.1 Å². The topological polar surface area (TPSA) is 38.9 Å². The number of hydrogen-bond donors (Lipinski definition) is 1. The molecule has 2 aromatic rings. The largest absolute Gasteiger partial charge is 0.324 e. The first-order valence-corrected chi connectivity index (χ1v) is 8.09. The number of thiazole rings is 1. The molecule has 1 aromatic heterocycles. The Balaban J connectivity index is 2.15. The van der Waals surface area contributed by atoms with Crippen molar-refractivity contribution in [1.29, 1.82) is 0 Å². The molecule has 20 heavy (non-hydrogen) atoms. The van der Waals surface area contributed by atoms with Crippen molar-refractivity contribution in [3.8, 4) is 0 Å². The van der Waals surface area contributed by atoms with Crippen molar-refractivity contribution >= 4 is 27.3 Å². The van der Waals surface area contributed by atoms with Gasteiger partial charge in [0.2, 0.25) is 0 Å². The number of nitrogens with two attached hydrogens (primary N) is 1. The highest BCUT2D eigenvalue weighted by Crippen LogP contribution is 2.27. The maximum Gasteiger partial charge on any atom is 0.124 e. The molecule has 2 rings (SSSR count). The minimum Gasteiger partial charge on any atom is -0.324 e. The second-order valence-electron chi connectivity index (χ2n) is 5.89. The average molecular weight is 357 g/mol. The lowest BCUT2D eigenvalue weighted by Gasteiger charge is -2.14. The van der Waals surface area contributed by atoms with E-state index >= 15 is 0 Å². The van der Waals surface area contributed by atoms with Crippen molar-refractivity contribution in [3.05, 3.63) is 50.1 Å². The summed E-state index contributed by atoms with van der Waals surface area (Å²) in [5.41, 5.74) is 8.06. The van der Waals surface area contributed by atoms with Crippen LogP contribution < -0.4 is 5.73 Å². The summed E-state index contributed by atoms with van der Waals surface area (Å²) in [6.45, 7) is 6.40. The lowest BCUT2D eigenvalue weighted by atomic mass is 9.93. The van der Waals surface area contributed by atoms with Crippen molar-refractivity contribution in [2.45, 2.75) is 38.6 Å². The Labute approximate surface area is 131 Å². The highest BCUT2D eigenvalue weighted by molar-refractivity contribution is 9.10. The Morgan fingerprint density at radius 2 is 2.05 bits per heavy atom. The number of hydrogen-bond acceptors (Lipinski definition) is 3. The van der Waals surface area contributed by atoms with Gasteiger partial charge in [-0.1, -0.05) is 36.7 Å². The molecule has 0 bridgehead atoms. The van der Waals surface area contributed by atoms with Gasteiger partial charge < -0.3 is 5.73 Å². The molecule has 0 amide bonds. The minimum absolute atomic E-state index is 0.0424. The first-order chi connectivity index (χ1) is 9.25. The summed E-state index contributed by atoms with van der Waals surface area (Å²) < 4.78 is 14.1. The highest BCUT2D eigenvalue weighted by atomic mass is 79.9. The molecule has 0 aliphatic rings. The number of rotatable bonds is 3. The van der Waals surface area contributed by atoms with Crippen LogP contribution in [0.5, 0.6) is 0 Å². The Bertz CT molecular complexity index is 584. The van der Waals surface area contributed by atoms with Gasteiger partial charge in [0.15, 0.2) is 0 Å². The lowest BCUT2D eigenvalue weighted by Crippen LogP contribution is -2.15. The summed E-state index contributed by atoms with van der Waals surface area (Å²) in [7, 11) is 0. The van der Waals surface area contributed by atoms with Crippen LogP contribution in [0, 0.1) is 5.82 Å². The maximum absolute atomic E-state index is 13.4. The first-order valence-electron chi connectivity index (χ1n) is 6.42. The molecule has 2 N–H and O–H groups in total. The molecular weight excluding hydrogens is 339 g/mol. The summed E-state index contributed by atoms with van der Waals surface area (Å²) in [5, 5.41) is 3.06. The van der Waals surface area contributed by atoms with Gasteiger partial charge in [-0.2, -0.15) is 0 Å². The third kappa shape index (κ3) is 3.87. The van der Waals surface area contributed by atoms with E-state index in [1.165, 1.54) is 12.1 Å². The fraction of sp³-hybridized carbons (Fsp3) is 0.400. The second-order valence-corrected chi connectivity index (χ2v) is 7.75. The summed E-state index contributed by atoms with van der Waals surface area (Å²) in [4.78, 5) is 4.62. The molecule has 0 fully saturated rings. The van der Waals surface area contributed by atoms with E-state index < -0.39 is 0 Å². The molecule has 0 saturated heterocycles. The van der Waals surface area contributed by atoms with Crippen LogP contribution in [0.2, 0.25) is 0 Å². The van der Waals surface area contributed by atoms with Crippen LogP contribution in [-0.4, -0.2) is 4.98 Å². The summed E-state index contributed by atoms with van der Waals surface area (Å²) in [6.07, 6.45) is 0.622. The Morgan fingerprint density at radius 1 is 1.35 bits per heavy atom. The van der Waals surface area contributed by atoms with Gasteiger partial charge in [-0.3, -0.25) is 0 Å². The summed E-state index contributed by atoms with van der Waals surface area (Å²) >= 11 is 4.90. The molecule has 0 aliphatic carbocycles. The molecule has 0 saturated carbocycles. The van der Waals surface area contributed by atoms with Gasteiger partial charge in [0.05, 0.1) is 10.7 Å². The fourth-order valence-electron chi connectivity index (χ4n) is 1.84. The van der Waals surface area contributed by atoms with Crippen LogP contribution in [0.3, 0.4) is 0 Å². The zero-order valence-corrected chi connectivity index (χ0v) is 14.2. The quantitative estimate of drug-likeness (QED) is 0.873. The third-order valence-corrected chi connectivity index (χ3v) is 4.36. The van der Waals surface area contributed by atoms with Crippen molar-refractivity contribution in [2.75, 3.05) is 0 Å². The van der Waals surface area contributed by atoms with Gasteiger partial charge >= 0.3 is 0 Å². The van der Waals surface area contributed by atoms with Gasteiger partial charge in [-0.05, 0) is 23.8 Å². The van der Waals surface area contributed by atoms with Gasteiger partial charge in [-0.25, -0.2) is 9.37 Å². The predicted molar refractivity (Wildman–Crippen MR) is 85.5 cm³/mol. The van der Waals surface area contributed by atoms with E-state index in [-0.39, 0.29) is 17.3 Å². The molecule has 1 atom stereocenters. The van der Waals surface area contributed by atoms with Gasteiger partial charge in [-0.15, -0.1) is 11.3 Å². The normalized spacial score (nSPS) is 13.5. The van der Waals surface area contributed by atoms with E-state index in [4.69, 9.17) is 5.73 Å². The summed E-state index contributed by atoms with van der Waals surface area (Å²) in [6, 6.07) is 4.51. The molecule has 0 aliphatic heterocycles. The van der Waals surface area contributed by atoms with E-state index in [0.29, 0.717) is 10.9 Å². The second kappa shape index (κ2) is 5.92. The van der Waals surface area contributed by atoms with E-state index in [1.807, 2.05) is 6.07 Å². The van der Waals surface area contributed by atoms with Crippen molar-refractivity contribution in [1.82, 2.24) is 4.98 Å². The van der Waals surface area contributed by atoms with E-state index in [1.54, 1.807) is 11.3 Å². The predicted octanol–water partition coefficient (Wildman–Crippen LogP) is 4.58.